The zero-order chi connectivity index (χ0) is 19.2. The first-order valence-corrected chi connectivity index (χ1v) is 9.84. The summed E-state index contributed by atoms with van der Waals surface area (Å²) < 4.78 is 5.70. The van der Waals surface area contributed by atoms with E-state index in [1.54, 1.807) is 40.9 Å². The number of nitrogens with zero attached hydrogens (tertiary/aromatic N) is 2. The normalized spacial score (nSPS) is 15.6. The predicted molar refractivity (Wildman–Crippen MR) is 109 cm³/mol. The molecular weight excluding hydrogens is 360 g/mol. The molecule has 0 aliphatic carbocycles. The molecule has 1 amide bonds. The van der Waals surface area contributed by atoms with E-state index in [1.807, 2.05) is 31.2 Å². The van der Waals surface area contributed by atoms with Crippen LogP contribution in [-0.2, 0) is 4.79 Å². The van der Waals surface area contributed by atoms with Crippen molar-refractivity contribution >= 4 is 34.3 Å². The van der Waals surface area contributed by atoms with Gasteiger partial charge in [0.1, 0.15) is 5.75 Å². The molecule has 2 aromatic rings. The number of hydrogen-bond acceptors (Lipinski definition) is 5. The zero-order valence-electron chi connectivity index (χ0n) is 15.5. The molecule has 5 nitrogen and oxygen atoms in total. The molecule has 0 spiro atoms. The van der Waals surface area contributed by atoms with Gasteiger partial charge in [0.2, 0.25) is 0 Å². The largest absolute Gasteiger partial charge is 0.483 e. The van der Waals surface area contributed by atoms with Crippen molar-refractivity contribution in [1.82, 2.24) is 4.90 Å². The van der Waals surface area contributed by atoms with Gasteiger partial charge in [-0.1, -0.05) is 30.0 Å². The van der Waals surface area contributed by atoms with E-state index < -0.39 is 0 Å². The van der Waals surface area contributed by atoms with Crippen LogP contribution in [0.5, 0.6) is 5.75 Å². The fourth-order valence-corrected chi connectivity index (χ4v) is 3.68. The van der Waals surface area contributed by atoms with E-state index in [9.17, 15) is 9.59 Å². The van der Waals surface area contributed by atoms with Gasteiger partial charge >= 0.3 is 0 Å². The first-order valence-electron chi connectivity index (χ1n) is 8.86. The molecule has 1 fully saturated rings. The maximum atomic E-state index is 12.7. The van der Waals surface area contributed by atoms with Crippen LogP contribution in [0.1, 0.15) is 29.3 Å². The van der Waals surface area contributed by atoms with E-state index >= 15 is 0 Å². The van der Waals surface area contributed by atoms with Gasteiger partial charge in [-0.25, -0.2) is 4.99 Å². The molecule has 0 N–H and O–H groups in total. The topological polar surface area (TPSA) is 59.0 Å². The average Bonchev–Trinajstić information content (AvgIpc) is 2.68. The lowest BCUT2D eigenvalue weighted by Gasteiger charge is -2.27. The third-order valence-corrected chi connectivity index (χ3v) is 5.30. The highest BCUT2D eigenvalue weighted by Crippen LogP contribution is 2.23. The molecule has 0 bridgehead atoms. The Morgan fingerprint density at radius 3 is 2.59 bits per heavy atom. The SMILES string of the molecule is CC(=O)c1ccc(N=C2SCCCN2C(=O)COc2ccccc2C)cc1. The van der Waals surface area contributed by atoms with Crippen molar-refractivity contribution in [2.45, 2.75) is 20.3 Å². The number of amides is 1. The Hall–Kier alpha value is -2.60. The van der Waals surface area contributed by atoms with Crippen LogP contribution in [-0.4, -0.2) is 40.7 Å². The Bertz CT molecular complexity index is 862. The van der Waals surface area contributed by atoms with Gasteiger partial charge in [0.25, 0.3) is 5.91 Å². The van der Waals surface area contributed by atoms with Crippen LogP contribution >= 0.6 is 11.8 Å². The number of aliphatic imine (C=N–C) groups is 1. The van der Waals surface area contributed by atoms with Crippen LogP contribution in [0.3, 0.4) is 0 Å². The quantitative estimate of drug-likeness (QED) is 0.726. The van der Waals surface area contributed by atoms with Gasteiger partial charge < -0.3 is 4.74 Å². The monoisotopic (exact) mass is 382 g/mol. The Kier molecular flexibility index (Phi) is 6.29. The number of aryl methyl sites for hydroxylation is 1. The molecule has 3 rings (SSSR count). The fourth-order valence-electron chi connectivity index (χ4n) is 2.70. The summed E-state index contributed by atoms with van der Waals surface area (Å²) >= 11 is 1.56. The van der Waals surface area contributed by atoms with Gasteiger partial charge in [0.15, 0.2) is 17.6 Å². The summed E-state index contributed by atoms with van der Waals surface area (Å²) in [5, 5.41) is 0.676. The Morgan fingerprint density at radius 2 is 1.89 bits per heavy atom. The Labute approximate surface area is 163 Å². The van der Waals surface area contributed by atoms with Gasteiger partial charge in [0.05, 0.1) is 5.69 Å². The summed E-state index contributed by atoms with van der Waals surface area (Å²) in [4.78, 5) is 30.4. The lowest BCUT2D eigenvalue weighted by molar-refractivity contribution is -0.129. The van der Waals surface area contributed by atoms with Gasteiger partial charge in [-0.05, 0) is 56.2 Å². The standard InChI is InChI=1S/C21H22N2O3S/c1-15-6-3-4-7-19(15)26-14-20(25)23-12-5-13-27-21(23)22-18-10-8-17(9-11-18)16(2)24/h3-4,6-11H,5,12-14H2,1-2H3. The number of benzene rings is 2. The number of thioether (sulfide) groups is 1. The summed E-state index contributed by atoms with van der Waals surface area (Å²) in [6.45, 7) is 4.10. The van der Waals surface area contributed by atoms with Crippen LogP contribution in [0.25, 0.3) is 0 Å². The first kappa shape index (κ1) is 19.2. The summed E-state index contributed by atoms with van der Waals surface area (Å²) in [6, 6.07) is 14.7. The number of ketones is 1. The highest BCUT2D eigenvalue weighted by atomic mass is 32.2. The lowest BCUT2D eigenvalue weighted by Crippen LogP contribution is -2.41. The van der Waals surface area contributed by atoms with Gasteiger partial charge in [-0.15, -0.1) is 0 Å². The van der Waals surface area contributed by atoms with E-state index in [-0.39, 0.29) is 18.3 Å². The Morgan fingerprint density at radius 1 is 1.15 bits per heavy atom. The molecule has 0 atom stereocenters. The lowest BCUT2D eigenvalue weighted by atomic mass is 10.1. The van der Waals surface area contributed by atoms with E-state index in [1.165, 1.54) is 6.92 Å². The first-order chi connectivity index (χ1) is 13.0. The molecular formula is C21H22N2O3S. The zero-order valence-corrected chi connectivity index (χ0v) is 16.3. The summed E-state index contributed by atoms with van der Waals surface area (Å²) in [5.41, 5.74) is 2.37. The second kappa shape index (κ2) is 8.86. The molecule has 27 heavy (non-hydrogen) atoms. The van der Waals surface area contributed by atoms with E-state index in [2.05, 4.69) is 4.99 Å². The van der Waals surface area contributed by atoms with Crippen molar-refractivity contribution in [1.29, 1.82) is 0 Å². The second-order valence-corrected chi connectivity index (χ2v) is 7.36. The maximum absolute atomic E-state index is 12.7. The smallest absolute Gasteiger partial charge is 0.266 e. The molecule has 140 valence electrons. The van der Waals surface area contributed by atoms with Crippen LogP contribution < -0.4 is 4.74 Å². The Balaban J connectivity index is 1.71. The summed E-state index contributed by atoms with van der Waals surface area (Å²) in [6.07, 6.45) is 0.920. The fraction of sp³-hybridized carbons (Fsp3) is 0.286. The van der Waals surface area contributed by atoms with Crippen LogP contribution in [0.15, 0.2) is 53.5 Å². The minimum atomic E-state index is -0.107. The number of Topliss-reactive ketones (excluding diaryl/α,β-unsaturated/α-hetero) is 1. The number of carbonyl (C=O) groups is 2. The molecule has 1 aliphatic heterocycles. The number of para-hydroxylation sites is 1. The maximum Gasteiger partial charge on any atom is 0.266 e. The number of amidine groups is 1. The third-order valence-electron chi connectivity index (χ3n) is 4.23. The molecule has 6 heteroatoms. The van der Waals surface area contributed by atoms with Gasteiger partial charge in [-0.2, -0.15) is 0 Å². The van der Waals surface area contributed by atoms with Crippen molar-refractivity contribution in [3.63, 3.8) is 0 Å². The van der Waals surface area contributed by atoms with Crippen molar-refractivity contribution in [3.05, 3.63) is 59.7 Å². The summed E-state index contributed by atoms with van der Waals surface area (Å²) in [7, 11) is 0. The number of rotatable bonds is 5. The third kappa shape index (κ3) is 4.98. The highest BCUT2D eigenvalue weighted by Gasteiger charge is 2.24. The van der Waals surface area contributed by atoms with Crippen molar-refractivity contribution in [2.75, 3.05) is 18.9 Å². The molecule has 0 saturated carbocycles. The molecule has 0 radical (unpaired) electrons. The van der Waals surface area contributed by atoms with Gasteiger partial charge in [0, 0.05) is 17.9 Å². The minimum absolute atomic E-state index is 0.0198. The van der Waals surface area contributed by atoms with Gasteiger partial charge in [-0.3, -0.25) is 14.5 Å². The highest BCUT2D eigenvalue weighted by molar-refractivity contribution is 8.13. The number of hydrogen-bond donors (Lipinski definition) is 0. The molecule has 0 aromatic heterocycles. The van der Waals surface area contributed by atoms with Crippen molar-refractivity contribution in [2.24, 2.45) is 4.99 Å². The van der Waals surface area contributed by atoms with Crippen LogP contribution in [0, 0.1) is 6.92 Å². The summed E-state index contributed by atoms with van der Waals surface area (Å²) in [5.74, 6) is 1.55. The number of carbonyl (C=O) groups excluding carboxylic acids is 2. The molecule has 2 aromatic carbocycles. The van der Waals surface area contributed by atoms with Crippen LogP contribution in [0.2, 0.25) is 0 Å². The molecule has 1 saturated heterocycles. The van der Waals surface area contributed by atoms with E-state index in [0.717, 1.165) is 23.4 Å². The number of ether oxygens (including phenoxy) is 1. The predicted octanol–water partition coefficient (Wildman–Crippen LogP) is 4.23. The molecule has 1 aliphatic rings. The average molecular weight is 382 g/mol. The van der Waals surface area contributed by atoms with E-state index in [4.69, 9.17) is 4.74 Å². The van der Waals surface area contributed by atoms with Crippen molar-refractivity contribution in [3.8, 4) is 5.75 Å². The second-order valence-electron chi connectivity index (χ2n) is 6.30. The minimum Gasteiger partial charge on any atom is -0.483 e. The molecule has 1 heterocycles. The van der Waals surface area contributed by atoms with Crippen molar-refractivity contribution < 1.29 is 14.3 Å². The molecule has 0 unspecified atom stereocenters. The van der Waals surface area contributed by atoms with Crippen LogP contribution in [0.4, 0.5) is 5.69 Å². The van der Waals surface area contributed by atoms with E-state index in [0.29, 0.717) is 23.0 Å².